The van der Waals surface area contributed by atoms with Gasteiger partial charge in [-0.25, -0.2) is 4.98 Å². The van der Waals surface area contributed by atoms with Crippen LogP contribution in [0.1, 0.15) is 12.6 Å². The van der Waals surface area contributed by atoms with Gasteiger partial charge in [-0.2, -0.15) is 0 Å². The molecule has 0 aliphatic rings. The fourth-order valence-electron chi connectivity index (χ4n) is 1.70. The van der Waals surface area contributed by atoms with Crippen LogP contribution >= 0.6 is 15.9 Å². The zero-order valence-electron chi connectivity index (χ0n) is 10.4. The number of methoxy groups -OCH3 is 1. The lowest BCUT2D eigenvalue weighted by molar-refractivity contribution is 0.416. The second-order valence-electron chi connectivity index (χ2n) is 4.03. The molecule has 0 N–H and O–H groups in total. The first kappa shape index (κ1) is 12.8. The minimum absolute atomic E-state index is 0.810. The number of halogens is 1. The summed E-state index contributed by atoms with van der Waals surface area (Å²) in [5.74, 6) is 0.810. The highest BCUT2D eigenvalue weighted by Gasteiger charge is 2.08. The van der Waals surface area contributed by atoms with Crippen LogP contribution in [0.2, 0.25) is 0 Å². The maximum atomic E-state index is 5.37. The smallest absolute Gasteiger partial charge is 0.128 e. The van der Waals surface area contributed by atoms with Crippen LogP contribution in [0.4, 0.5) is 0 Å². The molecule has 2 aromatic rings. The highest BCUT2D eigenvalue weighted by Crippen LogP contribution is 2.31. The third kappa shape index (κ3) is 2.62. The van der Waals surface area contributed by atoms with E-state index in [1.54, 1.807) is 7.11 Å². The molecular formula is C15H14BrNO. The van der Waals surface area contributed by atoms with Gasteiger partial charge in [0.2, 0.25) is 0 Å². The summed E-state index contributed by atoms with van der Waals surface area (Å²) in [4.78, 5) is 4.59. The molecule has 1 aromatic carbocycles. The third-order valence-electron chi connectivity index (χ3n) is 2.62. The van der Waals surface area contributed by atoms with Crippen molar-refractivity contribution in [3.05, 3.63) is 53.1 Å². The highest BCUT2D eigenvalue weighted by molar-refractivity contribution is 9.10. The van der Waals surface area contributed by atoms with Gasteiger partial charge in [0.05, 0.1) is 18.5 Å². The number of hydrogen-bond donors (Lipinski definition) is 0. The van der Waals surface area contributed by atoms with Gasteiger partial charge in [-0.1, -0.05) is 28.6 Å². The molecule has 18 heavy (non-hydrogen) atoms. The Morgan fingerprint density at radius 1 is 1.28 bits per heavy atom. The molecule has 3 heteroatoms. The van der Waals surface area contributed by atoms with Gasteiger partial charge in [-0.05, 0) is 42.8 Å². The van der Waals surface area contributed by atoms with E-state index in [4.69, 9.17) is 4.74 Å². The molecule has 0 saturated carbocycles. The van der Waals surface area contributed by atoms with Crippen LogP contribution in [-0.4, -0.2) is 12.1 Å². The van der Waals surface area contributed by atoms with Crippen molar-refractivity contribution < 1.29 is 4.74 Å². The van der Waals surface area contributed by atoms with Gasteiger partial charge in [0, 0.05) is 10.0 Å². The van der Waals surface area contributed by atoms with Gasteiger partial charge in [0.25, 0.3) is 0 Å². The first-order valence-electron chi connectivity index (χ1n) is 5.58. The number of pyridine rings is 1. The Morgan fingerprint density at radius 3 is 2.72 bits per heavy atom. The minimum atomic E-state index is 0.810. The minimum Gasteiger partial charge on any atom is -0.496 e. The molecule has 0 aliphatic carbocycles. The average Bonchev–Trinajstić information content (AvgIpc) is 2.39. The largest absolute Gasteiger partial charge is 0.496 e. The molecule has 0 saturated heterocycles. The van der Waals surface area contributed by atoms with E-state index in [0.717, 1.165) is 32.7 Å². The summed E-state index contributed by atoms with van der Waals surface area (Å²) < 4.78 is 6.37. The van der Waals surface area contributed by atoms with Crippen LogP contribution in [0, 0.1) is 0 Å². The van der Waals surface area contributed by atoms with Gasteiger partial charge in [0.15, 0.2) is 0 Å². The van der Waals surface area contributed by atoms with Crippen molar-refractivity contribution in [3.8, 4) is 17.0 Å². The van der Waals surface area contributed by atoms with E-state index in [0.29, 0.717) is 0 Å². The van der Waals surface area contributed by atoms with E-state index in [2.05, 4.69) is 27.5 Å². The molecule has 2 rings (SSSR count). The predicted octanol–water partition coefficient (Wildman–Crippen LogP) is 4.55. The Kier molecular flexibility index (Phi) is 3.82. The number of nitrogens with zero attached hydrogens (tertiary/aromatic N) is 1. The molecular weight excluding hydrogens is 290 g/mol. The summed E-state index contributed by atoms with van der Waals surface area (Å²) in [7, 11) is 1.66. The Labute approximate surface area is 115 Å². The van der Waals surface area contributed by atoms with Crippen molar-refractivity contribution in [1.82, 2.24) is 4.98 Å². The van der Waals surface area contributed by atoms with Crippen LogP contribution in [0.25, 0.3) is 16.8 Å². The lowest BCUT2D eigenvalue weighted by Crippen LogP contribution is -1.92. The van der Waals surface area contributed by atoms with Crippen LogP contribution in [0.5, 0.6) is 5.75 Å². The standard InChI is InChI=1S/C15H14BrNO/c1-10(2)13-5-4-6-14(17-13)12-9-11(16)7-8-15(12)18-3/h4-9H,1H2,2-3H3. The first-order valence-corrected chi connectivity index (χ1v) is 6.38. The molecule has 0 fully saturated rings. The van der Waals surface area contributed by atoms with Crippen molar-refractivity contribution in [3.63, 3.8) is 0 Å². The monoisotopic (exact) mass is 303 g/mol. The van der Waals surface area contributed by atoms with E-state index in [1.807, 2.05) is 43.3 Å². The molecule has 1 aromatic heterocycles. The third-order valence-corrected chi connectivity index (χ3v) is 3.12. The van der Waals surface area contributed by atoms with E-state index in [9.17, 15) is 0 Å². The Balaban J connectivity index is 2.57. The maximum absolute atomic E-state index is 5.37. The van der Waals surface area contributed by atoms with Crippen molar-refractivity contribution in [2.24, 2.45) is 0 Å². The van der Waals surface area contributed by atoms with E-state index in [-0.39, 0.29) is 0 Å². The zero-order chi connectivity index (χ0) is 13.1. The van der Waals surface area contributed by atoms with Crippen molar-refractivity contribution >= 4 is 21.5 Å². The summed E-state index contributed by atoms with van der Waals surface area (Å²) in [6.07, 6.45) is 0. The Bertz CT molecular complexity index is 593. The summed E-state index contributed by atoms with van der Waals surface area (Å²) in [6, 6.07) is 11.8. The highest BCUT2D eigenvalue weighted by atomic mass is 79.9. The normalized spacial score (nSPS) is 10.2. The number of benzene rings is 1. The molecule has 0 spiro atoms. The second-order valence-corrected chi connectivity index (χ2v) is 4.95. The number of aromatic nitrogens is 1. The van der Waals surface area contributed by atoms with Crippen LogP contribution < -0.4 is 4.74 Å². The van der Waals surface area contributed by atoms with E-state index < -0.39 is 0 Å². The molecule has 0 radical (unpaired) electrons. The van der Waals surface area contributed by atoms with Crippen molar-refractivity contribution in [2.75, 3.05) is 7.11 Å². The number of ether oxygens (including phenoxy) is 1. The first-order chi connectivity index (χ1) is 8.61. The Hall–Kier alpha value is -1.61. The fraction of sp³-hybridized carbons (Fsp3) is 0.133. The molecule has 2 nitrogen and oxygen atoms in total. The number of allylic oxidation sites excluding steroid dienone is 1. The molecule has 0 atom stereocenters. The van der Waals surface area contributed by atoms with Crippen LogP contribution in [-0.2, 0) is 0 Å². The SMILES string of the molecule is C=C(C)c1cccc(-c2cc(Br)ccc2OC)n1. The summed E-state index contributed by atoms with van der Waals surface area (Å²) in [6.45, 7) is 5.87. The number of hydrogen-bond acceptors (Lipinski definition) is 2. The van der Waals surface area contributed by atoms with E-state index >= 15 is 0 Å². The Morgan fingerprint density at radius 2 is 2.06 bits per heavy atom. The molecule has 92 valence electrons. The zero-order valence-corrected chi connectivity index (χ0v) is 12.0. The average molecular weight is 304 g/mol. The molecule has 0 aliphatic heterocycles. The van der Waals surface area contributed by atoms with Crippen molar-refractivity contribution in [1.29, 1.82) is 0 Å². The second kappa shape index (κ2) is 5.36. The van der Waals surface area contributed by atoms with Crippen molar-refractivity contribution in [2.45, 2.75) is 6.92 Å². The molecule has 0 unspecified atom stereocenters. The summed E-state index contributed by atoms with van der Waals surface area (Å²) in [5.41, 5.74) is 3.70. The lowest BCUT2D eigenvalue weighted by atomic mass is 10.1. The van der Waals surface area contributed by atoms with E-state index in [1.165, 1.54) is 0 Å². The summed E-state index contributed by atoms with van der Waals surface area (Å²) in [5, 5.41) is 0. The summed E-state index contributed by atoms with van der Waals surface area (Å²) >= 11 is 3.47. The fourth-order valence-corrected chi connectivity index (χ4v) is 2.06. The van der Waals surface area contributed by atoms with Gasteiger partial charge in [-0.15, -0.1) is 0 Å². The van der Waals surface area contributed by atoms with Crippen LogP contribution in [0.15, 0.2) is 47.4 Å². The van der Waals surface area contributed by atoms with Gasteiger partial charge in [-0.3, -0.25) is 0 Å². The quantitative estimate of drug-likeness (QED) is 0.829. The molecule has 0 bridgehead atoms. The number of rotatable bonds is 3. The predicted molar refractivity (Wildman–Crippen MR) is 78.6 cm³/mol. The van der Waals surface area contributed by atoms with Gasteiger partial charge < -0.3 is 4.74 Å². The van der Waals surface area contributed by atoms with Crippen LogP contribution in [0.3, 0.4) is 0 Å². The maximum Gasteiger partial charge on any atom is 0.128 e. The van der Waals surface area contributed by atoms with Gasteiger partial charge in [0.1, 0.15) is 5.75 Å². The lowest BCUT2D eigenvalue weighted by Gasteiger charge is -2.09. The van der Waals surface area contributed by atoms with Gasteiger partial charge >= 0.3 is 0 Å². The topological polar surface area (TPSA) is 22.1 Å². The molecule has 1 heterocycles. The molecule has 0 amide bonds.